The molecule has 0 N–H and O–H groups in total. The predicted molar refractivity (Wildman–Crippen MR) is 85.3 cm³/mol. The Kier molecular flexibility index (Phi) is 8.59. The van der Waals surface area contributed by atoms with Gasteiger partial charge in [-0.2, -0.15) is 0 Å². The molecule has 1 aromatic carbocycles. The molecule has 1 amide bonds. The van der Waals surface area contributed by atoms with Gasteiger partial charge in [-0.05, 0) is 31.2 Å². The fourth-order valence-corrected chi connectivity index (χ4v) is 2.75. The normalized spacial score (nSPS) is 10.2. The molecule has 4 nitrogen and oxygen atoms in total. The SMILES string of the molecule is CCN(CCC(=O)OC)C(=O)CCCSc1ccccc1. The maximum Gasteiger partial charge on any atom is 0.307 e. The van der Waals surface area contributed by atoms with E-state index in [9.17, 15) is 9.59 Å². The van der Waals surface area contributed by atoms with Gasteiger partial charge in [0, 0.05) is 24.4 Å². The van der Waals surface area contributed by atoms with Gasteiger partial charge >= 0.3 is 5.97 Å². The van der Waals surface area contributed by atoms with Crippen LogP contribution in [0, 0.1) is 0 Å². The summed E-state index contributed by atoms with van der Waals surface area (Å²) in [4.78, 5) is 26.1. The number of hydrogen-bond acceptors (Lipinski definition) is 4. The van der Waals surface area contributed by atoms with E-state index < -0.39 is 0 Å². The van der Waals surface area contributed by atoms with Gasteiger partial charge in [-0.15, -0.1) is 11.8 Å². The van der Waals surface area contributed by atoms with Crippen molar-refractivity contribution in [3.05, 3.63) is 30.3 Å². The lowest BCUT2D eigenvalue weighted by atomic mass is 10.3. The number of hydrogen-bond donors (Lipinski definition) is 0. The lowest BCUT2D eigenvalue weighted by Gasteiger charge is -2.20. The van der Waals surface area contributed by atoms with Crippen LogP contribution in [0.3, 0.4) is 0 Å². The first-order valence-electron chi connectivity index (χ1n) is 7.19. The lowest BCUT2D eigenvalue weighted by Crippen LogP contribution is -2.32. The number of ether oxygens (including phenoxy) is 1. The summed E-state index contributed by atoms with van der Waals surface area (Å²) in [5, 5.41) is 0. The number of esters is 1. The average molecular weight is 309 g/mol. The molecule has 21 heavy (non-hydrogen) atoms. The first-order chi connectivity index (χ1) is 10.2. The fraction of sp³-hybridized carbons (Fsp3) is 0.500. The molecule has 0 aliphatic heterocycles. The minimum atomic E-state index is -0.277. The molecular weight excluding hydrogens is 286 g/mol. The minimum absolute atomic E-state index is 0.107. The Balaban J connectivity index is 2.23. The van der Waals surface area contributed by atoms with E-state index in [-0.39, 0.29) is 18.3 Å². The van der Waals surface area contributed by atoms with Crippen molar-refractivity contribution in [1.82, 2.24) is 4.90 Å². The maximum atomic E-state index is 12.1. The zero-order chi connectivity index (χ0) is 15.5. The Labute approximate surface area is 130 Å². The second-order valence-electron chi connectivity index (χ2n) is 4.56. The Morgan fingerprint density at radius 1 is 1.19 bits per heavy atom. The van der Waals surface area contributed by atoms with Gasteiger partial charge < -0.3 is 9.64 Å². The second-order valence-corrected chi connectivity index (χ2v) is 5.73. The van der Waals surface area contributed by atoms with E-state index in [1.165, 1.54) is 12.0 Å². The van der Waals surface area contributed by atoms with Crippen LogP contribution in [0.1, 0.15) is 26.2 Å². The van der Waals surface area contributed by atoms with Crippen LogP contribution in [0.5, 0.6) is 0 Å². The zero-order valence-electron chi connectivity index (χ0n) is 12.7. The Morgan fingerprint density at radius 3 is 2.52 bits per heavy atom. The molecule has 0 aliphatic carbocycles. The summed E-state index contributed by atoms with van der Waals surface area (Å²) in [6.45, 7) is 2.99. The zero-order valence-corrected chi connectivity index (χ0v) is 13.5. The molecule has 0 unspecified atom stereocenters. The Bertz CT molecular complexity index is 436. The highest BCUT2D eigenvalue weighted by Gasteiger charge is 2.13. The van der Waals surface area contributed by atoms with Crippen molar-refractivity contribution >= 4 is 23.6 Å². The molecule has 0 saturated heterocycles. The summed E-state index contributed by atoms with van der Waals surface area (Å²) >= 11 is 1.76. The quantitative estimate of drug-likeness (QED) is 0.400. The smallest absolute Gasteiger partial charge is 0.307 e. The molecular formula is C16H23NO3S. The van der Waals surface area contributed by atoms with E-state index in [1.54, 1.807) is 16.7 Å². The fourth-order valence-electron chi connectivity index (χ4n) is 1.88. The molecule has 0 bridgehead atoms. The van der Waals surface area contributed by atoms with E-state index in [1.807, 2.05) is 25.1 Å². The molecule has 5 heteroatoms. The van der Waals surface area contributed by atoms with Crippen LogP contribution < -0.4 is 0 Å². The molecule has 0 aliphatic rings. The van der Waals surface area contributed by atoms with Crippen molar-refractivity contribution in [2.24, 2.45) is 0 Å². The average Bonchev–Trinajstić information content (AvgIpc) is 2.52. The summed E-state index contributed by atoms with van der Waals surface area (Å²) in [7, 11) is 1.36. The summed E-state index contributed by atoms with van der Waals surface area (Å²) < 4.78 is 4.59. The molecule has 116 valence electrons. The van der Waals surface area contributed by atoms with Crippen molar-refractivity contribution in [2.45, 2.75) is 31.1 Å². The van der Waals surface area contributed by atoms with Crippen LogP contribution in [-0.2, 0) is 14.3 Å². The van der Waals surface area contributed by atoms with Crippen molar-refractivity contribution < 1.29 is 14.3 Å². The van der Waals surface area contributed by atoms with Gasteiger partial charge in [-0.1, -0.05) is 18.2 Å². The van der Waals surface area contributed by atoms with Gasteiger partial charge in [-0.3, -0.25) is 9.59 Å². The number of carbonyl (C=O) groups excluding carboxylic acids is 2. The molecule has 1 aromatic rings. The number of methoxy groups -OCH3 is 1. The van der Waals surface area contributed by atoms with Crippen molar-refractivity contribution in [1.29, 1.82) is 0 Å². The molecule has 0 atom stereocenters. The summed E-state index contributed by atoms with van der Waals surface area (Å²) in [5.41, 5.74) is 0. The minimum Gasteiger partial charge on any atom is -0.469 e. The summed E-state index contributed by atoms with van der Waals surface area (Å²) in [6, 6.07) is 10.2. The highest BCUT2D eigenvalue weighted by atomic mass is 32.2. The first kappa shape index (κ1) is 17.6. The van der Waals surface area contributed by atoms with Crippen LogP contribution in [0.4, 0.5) is 0 Å². The predicted octanol–water partition coefficient (Wildman–Crippen LogP) is 2.97. The van der Waals surface area contributed by atoms with Crippen LogP contribution in [0.25, 0.3) is 0 Å². The van der Waals surface area contributed by atoms with Crippen molar-refractivity contribution in [3.63, 3.8) is 0 Å². The Hall–Kier alpha value is -1.49. The number of amides is 1. The van der Waals surface area contributed by atoms with E-state index in [2.05, 4.69) is 16.9 Å². The van der Waals surface area contributed by atoms with E-state index in [4.69, 9.17) is 0 Å². The standard InChI is InChI=1S/C16H23NO3S/c1-3-17(12-11-16(19)20-2)15(18)10-7-13-21-14-8-5-4-6-9-14/h4-6,8-9H,3,7,10-13H2,1-2H3. The van der Waals surface area contributed by atoms with Gasteiger partial charge in [0.05, 0.1) is 13.5 Å². The number of rotatable bonds is 9. The van der Waals surface area contributed by atoms with E-state index in [0.29, 0.717) is 19.5 Å². The number of benzene rings is 1. The van der Waals surface area contributed by atoms with Crippen LogP contribution >= 0.6 is 11.8 Å². The highest BCUT2D eigenvalue weighted by molar-refractivity contribution is 7.99. The van der Waals surface area contributed by atoms with E-state index >= 15 is 0 Å². The van der Waals surface area contributed by atoms with Crippen LogP contribution in [0.15, 0.2) is 35.2 Å². The van der Waals surface area contributed by atoms with Gasteiger partial charge in [-0.25, -0.2) is 0 Å². The van der Waals surface area contributed by atoms with Gasteiger partial charge in [0.2, 0.25) is 5.91 Å². The third-order valence-electron chi connectivity index (χ3n) is 3.09. The molecule has 1 rings (SSSR count). The maximum absolute atomic E-state index is 12.1. The monoisotopic (exact) mass is 309 g/mol. The third-order valence-corrected chi connectivity index (χ3v) is 4.19. The first-order valence-corrected chi connectivity index (χ1v) is 8.18. The number of thioether (sulfide) groups is 1. The summed E-state index contributed by atoms with van der Waals surface area (Å²) in [5.74, 6) is 0.751. The van der Waals surface area contributed by atoms with Crippen molar-refractivity contribution in [2.75, 3.05) is 26.0 Å². The molecule has 0 aromatic heterocycles. The molecule has 0 radical (unpaired) electrons. The van der Waals surface area contributed by atoms with Crippen molar-refractivity contribution in [3.8, 4) is 0 Å². The lowest BCUT2D eigenvalue weighted by molar-refractivity contribution is -0.141. The molecule has 0 heterocycles. The molecule has 0 fully saturated rings. The largest absolute Gasteiger partial charge is 0.469 e. The molecule has 0 spiro atoms. The topological polar surface area (TPSA) is 46.6 Å². The van der Waals surface area contributed by atoms with Gasteiger partial charge in [0.15, 0.2) is 0 Å². The van der Waals surface area contributed by atoms with Gasteiger partial charge in [0.25, 0.3) is 0 Å². The highest BCUT2D eigenvalue weighted by Crippen LogP contribution is 2.18. The number of carbonyl (C=O) groups is 2. The molecule has 0 saturated carbocycles. The Morgan fingerprint density at radius 2 is 1.90 bits per heavy atom. The van der Waals surface area contributed by atoms with E-state index in [0.717, 1.165) is 12.2 Å². The second kappa shape index (κ2) is 10.3. The number of nitrogens with zero attached hydrogens (tertiary/aromatic N) is 1. The van der Waals surface area contributed by atoms with Crippen LogP contribution in [-0.4, -0.2) is 42.7 Å². The van der Waals surface area contributed by atoms with Gasteiger partial charge in [0.1, 0.15) is 0 Å². The third kappa shape index (κ3) is 7.18. The van der Waals surface area contributed by atoms with Crippen LogP contribution in [0.2, 0.25) is 0 Å². The summed E-state index contributed by atoms with van der Waals surface area (Å²) in [6.07, 6.45) is 1.62.